The van der Waals surface area contributed by atoms with Gasteiger partial charge in [-0.1, -0.05) is 5.16 Å². The lowest BCUT2D eigenvalue weighted by atomic mass is 10.1. The predicted octanol–water partition coefficient (Wildman–Crippen LogP) is 4.87. The third-order valence-electron chi connectivity index (χ3n) is 5.59. The van der Waals surface area contributed by atoms with E-state index in [0.717, 1.165) is 42.9 Å². The van der Waals surface area contributed by atoms with Gasteiger partial charge >= 0.3 is 0 Å². The first-order valence-corrected chi connectivity index (χ1v) is 10.5. The first-order chi connectivity index (χ1) is 15.4. The topological polar surface area (TPSA) is 76.8 Å². The minimum absolute atomic E-state index is 0.269. The summed E-state index contributed by atoms with van der Waals surface area (Å²) in [6, 6.07) is 9.52. The zero-order chi connectivity index (χ0) is 22.7. The van der Waals surface area contributed by atoms with Gasteiger partial charge in [-0.3, -0.25) is 4.79 Å². The van der Waals surface area contributed by atoms with Crippen molar-refractivity contribution in [3.05, 3.63) is 64.8 Å². The minimum atomic E-state index is -0.384. The minimum Gasteiger partial charge on any atom is -0.493 e. The number of methoxy groups -OCH3 is 1. The van der Waals surface area contributed by atoms with Crippen LogP contribution in [0.15, 0.2) is 40.9 Å². The standard InChI is InChI=1S/C24H26FN3O4/c1-15-21(16(2)32-27-15)14-31-22-7-6-17(10-23(22)30-3)24(29)26-19-11-18(25)12-20(13-19)28-8-4-5-9-28/h6-7,10-13H,4-5,8-9,14H2,1-3H3,(H,26,29). The molecule has 0 radical (unpaired) electrons. The van der Waals surface area contributed by atoms with Crippen LogP contribution in [-0.2, 0) is 6.61 Å². The highest BCUT2D eigenvalue weighted by atomic mass is 19.1. The Kier molecular flexibility index (Phi) is 6.30. The quantitative estimate of drug-likeness (QED) is 0.566. The monoisotopic (exact) mass is 439 g/mol. The summed E-state index contributed by atoms with van der Waals surface area (Å²) >= 11 is 0. The van der Waals surface area contributed by atoms with Crippen LogP contribution >= 0.6 is 0 Å². The molecule has 7 nitrogen and oxygen atoms in total. The van der Waals surface area contributed by atoms with Crippen LogP contribution in [-0.4, -0.2) is 31.3 Å². The number of aromatic nitrogens is 1. The first kappa shape index (κ1) is 21.7. The van der Waals surface area contributed by atoms with Crippen molar-refractivity contribution in [2.24, 2.45) is 0 Å². The van der Waals surface area contributed by atoms with E-state index in [2.05, 4.69) is 15.4 Å². The zero-order valence-electron chi connectivity index (χ0n) is 18.4. The van der Waals surface area contributed by atoms with Gasteiger partial charge in [0.1, 0.15) is 18.2 Å². The number of benzene rings is 2. The molecule has 2 aromatic carbocycles. The zero-order valence-corrected chi connectivity index (χ0v) is 18.4. The molecule has 0 unspecified atom stereocenters. The number of halogens is 1. The number of hydrogen-bond acceptors (Lipinski definition) is 6. The fourth-order valence-corrected chi connectivity index (χ4v) is 3.79. The maximum Gasteiger partial charge on any atom is 0.255 e. The molecule has 3 aromatic rings. The van der Waals surface area contributed by atoms with Crippen molar-refractivity contribution in [3.63, 3.8) is 0 Å². The molecule has 0 spiro atoms. The van der Waals surface area contributed by atoms with Crippen LogP contribution in [0.25, 0.3) is 0 Å². The molecule has 0 atom stereocenters. The molecule has 32 heavy (non-hydrogen) atoms. The van der Waals surface area contributed by atoms with Gasteiger partial charge < -0.3 is 24.2 Å². The van der Waals surface area contributed by atoms with Gasteiger partial charge in [0.2, 0.25) is 0 Å². The summed E-state index contributed by atoms with van der Waals surface area (Å²) in [5.74, 6) is 0.859. The summed E-state index contributed by atoms with van der Waals surface area (Å²) in [6.07, 6.45) is 2.17. The number of ether oxygens (including phenoxy) is 2. The highest BCUT2D eigenvalue weighted by Gasteiger charge is 2.17. The van der Waals surface area contributed by atoms with Crippen molar-refractivity contribution in [2.45, 2.75) is 33.3 Å². The molecule has 1 amide bonds. The highest BCUT2D eigenvalue weighted by Crippen LogP contribution is 2.30. The lowest BCUT2D eigenvalue weighted by Gasteiger charge is -2.19. The van der Waals surface area contributed by atoms with Crippen molar-refractivity contribution in [2.75, 3.05) is 30.4 Å². The Balaban J connectivity index is 1.48. The molecule has 1 aliphatic heterocycles. The smallest absolute Gasteiger partial charge is 0.255 e. The van der Waals surface area contributed by atoms with E-state index in [9.17, 15) is 9.18 Å². The number of hydrogen-bond donors (Lipinski definition) is 1. The van der Waals surface area contributed by atoms with Crippen LogP contribution in [0.2, 0.25) is 0 Å². The van der Waals surface area contributed by atoms with E-state index in [0.29, 0.717) is 28.5 Å². The van der Waals surface area contributed by atoms with Crippen LogP contribution in [0.4, 0.5) is 15.8 Å². The summed E-state index contributed by atoms with van der Waals surface area (Å²) in [6.45, 7) is 5.73. The van der Waals surface area contributed by atoms with Gasteiger partial charge in [0.05, 0.1) is 18.4 Å². The first-order valence-electron chi connectivity index (χ1n) is 10.5. The van der Waals surface area contributed by atoms with Crippen LogP contribution in [0.3, 0.4) is 0 Å². The van der Waals surface area contributed by atoms with Crippen molar-refractivity contribution >= 4 is 17.3 Å². The SMILES string of the molecule is COc1cc(C(=O)Nc2cc(F)cc(N3CCCC3)c2)ccc1OCc1c(C)noc1C. The van der Waals surface area contributed by atoms with E-state index in [-0.39, 0.29) is 18.3 Å². The fourth-order valence-electron chi connectivity index (χ4n) is 3.79. The van der Waals surface area contributed by atoms with Gasteiger partial charge in [0.15, 0.2) is 11.5 Å². The lowest BCUT2D eigenvalue weighted by molar-refractivity contribution is 0.102. The van der Waals surface area contributed by atoms with Gasteiger partial charge in [-0.2, -0.15) is 0 Å². The van der Waals surface area contributed by atoms with Crippen molar-refractivity contribution in [1.82, 2.24) is 5.16 Å². The van der Waals surface area contributed by atoms with Gasteiger partial charge in [-0.15, -0.1) is 0 Å². The van der Waals surface area contributed by atoms with Gasteiger partial charge in [0, 0.05) is 30.0 Å². The average Bonchev–Trinajstić information content (AvgIpc) is 3.42. The fraction of sp³-hybridized carbons (Fsp3) is 0.333. The molecule has 4 rings (SSSR count). The van der Waals surface area contributed by atoms with E-state index in [1.54, 1.807) is 24.3 Å². The average molecular weight is 439 g/mol. The Morgan fingerprint density at radius 1 is 1.16 bits per heavy atom. The van der Waals surface area contributed by atoms with Crippen molar-refractivity contribution in [1.29, 1.82) is 0 Å². The van der Waals surface area contributed by atoms with Crippen LogP contribution in [0.1, 0.15) is 40.2 Å². The Morgan fingerprint density at radius 3 is 2.62 bits per heavy atom. The van der Waals surface area contributed by atoms with Crippen LogP contribution in [0.5, 0.6) is 11.5 Å². The molecule has 8 heteroatoms. The number of nitrogens with one attached hydrogen (secondary N) is 1. The largest absolute Gasteiger partial charge is 0.493 e. The molecule has 1 aliphatic rings. The van der Waals surface area contributed by atoms with Crippen LogP contribution < -0.4 is 19.7 Å². The Bertz CT molecular complexity index is 1100. The number of carbonyl (C=O) groups excluding carboxylic acids is 1. The van der Waals surface area contributed by atoms with Gasteiger partial charge in [-0.05, 0) is 63.1 Å². The Hall–Kier alpha value is -3.55. The third kappa shape index (κ3) is 4.69. The Labute approximate surface area is 186 Å². The van der Waals surface area contributed by atoms with E-state index in [1.807, 2.05) is 13.8 Å². The maximum absolute atomic E-state index is 14.1. The van der Waals surface area contributed by atoms with E-state index >= 15 is 0 Å². The molecular formula is C24H26FN3O4. The number of carbonyl (C=O) groups is 1. The van der Waals surface area contributed by atoms with Gasteiger partial charge in [-0.25, -0.2) is 4.39 Å². The molecule has 1 saturated heterocycles. The van der Waals surface area contributed by atoms with E-state index in [1.165, 1.54) is 19.2 Å². The summed E-state index contributed by atoms with van der Waals surface area (Å²) in [4.78, 5) is 14.9. The molecule has 0 bridgehead atoms. The van der Waals surface area contributed by atoms with Gasteiger partial charge in [0.25, 0.3) is 5.91 Å². The van der Waals surface area contributed by atoms with E-state index in [4.69, 9.17) is 14.0 Å². The second-order valence-electron chi connectivity index (χ2n) is 7.80. The summed E-state index contributed by atoms with van der Waals surface area (Å²) in [7, 11) is 1.51. The highest BCUT2D eigenvalue weighted by molar-refractivity contribution is 6.04. The number of aryl methyl sites for hydroxylation is 2. The Morgan fingerprint density at radius 2 is 1.94 bits per heavy atom. The summed E-state index contributed by atoms with van der Waals surface area (Å²) in [5, 5.41) is 6.70. The number of nitrogens with zero attached hydrogens (tertiary/aromatic N) is 2. The lowest BCUT2D eigenvalue weighted by Crippen LogP contribution is -2.18. The predicted molar refractivity (Wildman–Crippen MR) is 119 cm³/mol. The molecule has 1 fully saturated rings. The molecule has 1 aromatic heterocycles. The molecular weight excluding hydrogens is 413 g/mol. The maximum atomic E-state index is 14.1. The molecule has 0 aliphatic carbocycles. The third-order valence-corrected chi connectivity index (χ3v) is 5.59. The van der Waals surface area contributed by atoms with Crippen molar-refractivity contribution in [3.8, 4) is 11.5 Å². The van der Waals surface area contributed by atoms with Crippen LogP contribution in [0, 0.1) is 19.7 Å². The molecule has 0 saturated carbocycles. The molecule has 168 valence electrons. The molecule has 2 heterocycles. The normalized spacial score (nSPS) is 13.3. The number of amides is 1. The second kappa shape index (κ2) is 9.30. The number of anilines is 2. The van der Waals surface area contributed by atoms with Crippen molar-refractivity contribution < 1.29 is 23.2 Å². The second-order valence-corrected chi connectivity index (χ2v) is 7.80. The molecule has 1 N–H and O–H groups in total. The summed E-state index contributed by atoms with van der Waals surface area (Å²) in [5.41, 5.74) is 3.20. The number of rotatable bonds is 7. The van der Waals surface area contributed by atoms with E-state index < -0.39 is 0 Å². The summed E-state index contributed by atoms with van der Waals surface area (Å²) < 4.78 is 30.6.